The molecule has 0 aromatic heterocycles. The zero-order valence-electron chi connectivity index (χ0n) is 45.7. The van der Waals surface area contributed by atoms with Crippen molar-refractivity contribution in [2.75, 3.05) is 19.6 Å². The van der Waals surface area contributed by atoms with E-state index in [0.29, 0.717) is 38.6 Å². The van der Waals surface area contributed by atoms with Crippen molar-refractivity contribution >= 4 is 55.9 Å². The molecule has 0 spiro atoms. The quantitative estimate of drug-likeness (QED) is 0.0276. The molecule has 0 aliphatic carbocycles. The Morgan fingerprint density at radius 2 is 1.19 bits per heavy atom. The molecule has 0 radical (unpaired) electrons. The molecular formula is C59H73ClN6O11Si. The summed E-state index contributed by atoms with van der Waals surface area (Å²) in [5.74, 6) is -1.75. The highest BCUT2D eigenvalue weighted by atomic mass is 35.5. The predicted octanol–water partition coefficient (Wildman–Crippen LogP) is 9.30. The number of alkyl carbamates (subject to hydrolysis) is 3. The number of fused-ring (bicyclic) bond motifs is 5. The summed E-state index contributed by atoms with van der Waals surface area (Å²) in [6.45, 7) is 15.3. The SMILES string of the molecule is CC(C)(C)OC(=O)NCCNC(=O)[C@@H]1Cc2cc(ccc2Cl)-c2ccc(OCc3ccccc3)c(c2)C[C@H](NC(=O)OCc2ccccc2)C(=O)N[C@@H](C[C@H](CNC(=O)OCc2ccccc2)O[Si](C)(C)C(C)(C)C)C(=O)N1. The molecule has 0 unspecified atom stereocenters. The highest BCUT2D eigenvalue weighted by Gasteiger charge is 2.41. The third kappa shape index (κ3) is 18.9. The molecule has 0 saturated heterocycles. The van der Waals surface area contributed by atoms with E-state index in [1.54, 1.807) is 45.0 Å². The first-order valence-corrected chi connectivity index (χ1v) is 29.3. The minimum atomic E-state index is -2.71. The van der Waals surface area contributed by atoms with E-state index in [2.05, 4.69) is 31.9 Å². The van der Waals surface area contributed by atoms with Crippen LogP contribution in [0.4, 0.5) is 14.4 Å². The van der Waals surface area contributed by atoms with Crippen LogP contribution in [0.25, 0.3) is 11.1 Å². The summed E-state index contributed by atoms with van der Waals surface area (Å²) in [5, 5.41) is 16.8. The number of rotatable bonds is 18. The summed E-state index contributed by atoms with van der Waals surface area (Å²) >= 11 is 6.91. The lowest BCUT2D eigenvalue weighted by Gasteiger charge is -2.40. The lowest BCUT2D eigenvalue weighted by Crippen LogP contribution is -2.59. The Hall–Kier alpha value is -7.41. The van der Waals surface area contributed by atoms with Crippen LogP contribution in [-0.4, -0.2) is 93.8 Å². The highest BCUT2D eigenvalue weighted by Crippen LogP contribution is 2.38. The molecule has 1 aliphatic heterocycles. The van der Waals surface area contributed by atoms with Crippen molar-refractivity contribution in [3.63, 3.8) is 0 Å². The van der Waals surface area contributed by atoms with Crippen molar-refractivity contribution in [3.05, 3.63) is 160 Å². The Balaban J connectivity index is 1.41. The van der Waals surface area contributed by atoms with Gasteiger partial charge in [0.05, 0.1) is 6.10 Å². The summed E-state index contributed by atoms with van der Waals surface area (Å²) in [7, 11) is -2.71. The van der Waals surface area contributed by atoms with E-state index in [4.69, 9.17) is 35.0 Å². The fourth-order valence-corrected chi connectivity index (χ4v) is 9.60. The van der Waals surface area contributed by atoms with E-state index >= 15 is 9.59 Å². The molecule has 78 heavy (non-hydrogen) atoms. The van der Waals surface area contributed by atoms with E-state index in [1.807, 2.05) is 137 Å². The molecule has 416 valence electrons. The first-order chi connectivity index (χ1) is 37.0. The van der Waals surface area contributed by atoms with Crippen LogP contribution < -0.4 is 36.6 Å². The number of nitrogens with one attached hydrogen (secondary N) is 6. The van der Waals surface area contributed by atoms with E-state index in [0.717, 1.165) is 11.1 Å². The molecule has 6 amide bonds. The molecule has 19 heteroatoms. The van der Waals surface area contributed by atoms with Gasteiger partial charge in [0.2, 0.25) is 17.7 Å². The van der Waals surface area contributed by atoms with Crippen molar-refractivity contribution in [3.8, 4) is 16.9 Å². The minimum Gasteiger partial charge on any atom is -0.489 e. The molecule has 1 heterocycles. The van der Waals surface area contributed by atoms with Gasteiger partial charge >= 0.3 is 18.3 Å². The Bertz CT molecular complexity index is 2830. The van der Waals surface area contributed by atoms with Gasteiger partial charge in [0.1, 0.15) is 49.3 Å². The molecular weight excluding hydrogens is 1030 g/mol. The zero-order valence-corrected chi connectivity index (χ0v) is 47.4. The summed E-state index contributed by atoms with van der Waals surface area (Å²) in [6.07, 6.45) is -3.70. The summed E-state index contributed by atoms with van der Waals surface area (Å²) < 4.78 is 29.9. The number of benzene rings is 5. The van der Waals surface area contributed by atoms with Crippen molar-refractivity contribution in [1.29, 1.82) is 0 Å². The monoisotopic (exact) mass is 1100 g/mol. The lowest BCUT2D eigenvalue weighted by atomic mass is 9.95. The topological polar surface area (TPSA) is 221 Å². The van der Waals surface area contributed by atoms with Gasteiger partial charge in [-0.3, -0.25) is 14.4 Å². The van der Waals surface area contributed by atoms with Crippen molar-refractivity contribution in [1.82, 2.24) is 31.9 Å². The van der Waals surface area contributed by atoms with Crippen LogP contribution >= 0.6 is 11.6 Å². The normalized spacial score (nSPS) is 16.3. The largest absolute Gasteiger partial charge is 0.489 e. The first-order valence-electron chi connectivity index (χ1n) is 26.1. The van der Waals surface area contributed by atoms with Gasteiger partial charge in [0.15, 0.2) is 8.32 Å². The molecule has 0 fully saturated rings. The number of halogens is 1. The lowest BCUT2D eigenvalue weighted by molar-refractivity contribution is -0.133. The number of hydrogen-bond acceptors (Lipinski definition) is 11. The van der Waals surface area contributed by atoms with E-state index in [9.17, 15) is 19.2 Å². The predicted molar refractivity (Wildman–Crippen MR) is 301 cm³/mol. The maximum absolute atomic E-state index is 15.2. The van der Waals surface area contributed by atoms with E-state index in [-0.39, 0.29) is 63.8 Å². The Labute approximate surface area is 463 Å². The van der Waals surface area contributed by atoms with Crippen LogP contribution in [0.15, 0.2) is 127 Å². The van der Waals surface area contributed by atoms with Crippen LogP contribution in [0, 0.1) is 0 Å². The second-order valence-corrected chi connectivity index (χ2v) is 26.8. The van der Waals surface area contributed by atoms with Gasteiger partial charge in [-0.15, -0.1) is 0 Å². The second-order valence-electron chi connectivity index (χ2n) is 21.6. The summed E-state index contributed by atoms with van der Waals surface area (Å²) in [4.78, 5) is 84.3. The molecule has 6 N–H and O–H groups in total. The van der Waals surface area contributed by atoms with Crippen molar-refractivity contribution in [2.45, 2.75) is 129 Å². The van der Waals surface area contributed by atoms with Crippen LogP contribution in [-0.2, 0) is 65.7 Å². The number of carbonyl (C=O) groups is 6. The molecule has 1 aliphatic rings. The van der Waals surface area contributed by atoms with Gasteiger partial charge < -0.3 is 55.3 Å². The van der Waals surface area contributed by atoms with Crippen LogP contribution in [0.1, 0.15) is 75.8 Å². The summed E-state index contributed by atoms with van der Waals surface area (Å²) in [6, 6.07) is 34.5. The Morgan fingerprint density at radius 3 is 1.78 bits per heavy atom. The standard InChI is InChI=1S/C59H73ClN6O11Si/c1-58(2,3)76-56(71)62-29-28-61-52(67)48-32-44-30-42(24-26-47(44)60)43-25-27-51(73-36-39-18-12-9-13-19-39)45(31-43)33-49(66-57(72)75-38-41-22-16-11-17-23-41)53(68)65-50(54(69)64-48)34-46(77-78(7,8)59(4,5)6)35-63-55(70)74-37-40-20-14-10-15-21-40/h9-27,30-31,46,48-50H,28-29,32-38H2,1-8H3,(H,61,67)(H,62,71)(H,63,70)(H,64,69)(H,65,68)(H,66,72)/t46-,48+,49+,50+/m1/s1. The minimum absolute atomic E-state index is 0.000933. The van der Waals surface area contributed by atoms with Gasteiger partial charge in [0.25, 0.3) is 0 Å². The third-order valence-corrected chi connectivity index (χ3v) is 18.1. The maximum Gasteiger partial charge on any atom is 0.408 e. The highest BCUT2D eigenvalue weighted by molar-refractivity contribution is 6.74. The molecule has 6 rings (SSSR count). The molecule has 5 aromatic carbocycles. The maximum atomic E-state index is 15.2. The molecule has 0 saturated carbocycles. The first kappa shape index (κ1) is 59.8. The van der Waals surface area contributed by atoms with Crippen LogP contribution in [0.2, 0.25) is 23.2 Å². The smallest absolute Gasteiger partial charge is 0.408 e. The average molecular weight is 1110 g/mol. The van der Waals surface area contributed by atoms with Crippen molar-refractivity contribution in [2.24, 2.45) is 0 Å². The fourth-order valence-electron chi connectivity index (χ4n) is 8.04. The van der Waals surface area contributed by atoms with Crippen LogP contribution in [0.5, 0.6) is 5.75 Å². The number of carbonyl (C=O) groups excluding carboxylic acids is 6. The summed E-state index contributed by atoms with van der Waals surface area (Å²) in [5.41, 5.74) is 4.08. The number of hydrogen-bond donors (Lipinski definition) is 6. The Kier molecular flexibility index (Phi) is 21.3. The third-order valence-electron chi connectivity index (χ3n) is 13.2. The van der Waals surface area contributed by atoms with E-state index < -0.39 is 74.1 Å². The number of amides is 6. The second kappa shape index (κ2) is 27.8. The molecule has 17 nitrogen and oxygen atoms in total. The van der Waals surface area contributed by atoms with Crippen molar-refractivity contribution < 1.29 is 52.1 Å². The van der Waals surface area contributed by atoms with E-state index in [1.165, 1.54) is 0 Å². The molecule has 5 aromatic rings. The van der Waals surface area contributed by atoms with Gasteiger partial charge in [-0.2, -0.15) is 0 Å². The van der Waals surface area contributed by atoms with Gasteiger partial charge in [-0.1, -0.05) is 136 Å². The molecule has 4 atom stereocenters. The van der Waals surface area contributed by atoms with Gasteiger partial charge in [0, 0.05) is 43.9 Å². The average Bonchev–Trinajstić information content (AvgIpc) is 3.41. The fraction of sp³-hybridized carbons (Fsp3) is 0.390. The van der Waals surface area contributed by atoms with Crippen LogP contribution in [0.3, 0.4) is 0 Å². The Morgan fingerprint density at radius 1 is 0.641 bits per heavy atom. The van der Waals surface area contributed by atoms with Gasteiger partial charge in [-0.05, 0) is 102 Å². The number of ether oxygens (including phenoxy) is 4. The molecule has 4 bridgehead atoms. The zero-order chi connectivity index (χ0) is 56.5. The van der Waals surface area contributed by atoms with Gasteiger partial charge in [-0.25, -0.2) is 14.4 Å².